The van der Waals surface area contributed by atoms with Gasteiger partial charge in [-0.1, -0.05) is 60.5 Å². The first-order chi connectivity index (χ1) is 17.1. The SMILES string of the molecule is C=CCC1(C)CC(c2cccc(Cl)c2)C(c2ccc(Cl)cc2)N(C(CNS(=O)(=O)CC)C2CC2)C1=O. The average Bonchev–Trinajstić information content (AvgIpc) is 3.68. The maximum atomic E-state index is 14.3. The van der Waals surface area contributed by atoms with E-state index in [4.69, 9.17) is 23.2 Å². The smallest absolute Gasteiger partial charge is 0.229 e. The molecular weight excluding hydrogens is 515 g/mol. The number of likely N-dealkylation sites (tertiary alicyclic amines) is 1. The number of nitrogens with zero attached hydrogens (tertiary/aromatic N) is 1. The number of piperidine rings is 1. The van der Waals surface area contributed by atoms with Gasteiger partial charge in [-0.25, -0.2) is 13.1 Å². The zero-order chi connectivity index (χ0) is 26.1. The Morgan fingerprint density at radius 1 is 1.14 bits per heavy atom. The van der Waals surface area contributed by atoms with Crippen molar-refractivity contribution in [3.8, 4) is 0 Å². The molecule has 1 saturated carbocycles. The predicted molar refractivity (Wildman–Crippen MR) is 147 cm³/mol. The van der Waals surface area contributed by atoms with E-state index >= 15 is 0 Å². The summed E-state index contributed by atoms with van der Waals surface area (Å²) in [4.78, 5) is 16.3. The molecule has 0 radical (unpaired) electrons. The number of carbonyl (C=O) groups is 1. The largest absolute Gasteiger partial charge is 0.330 e. The van der Waals surface area contributed by atoms with Crippen molar-refractivity contribution in [2.45, 2.75) is 57.5 Å². The molecule has 0 bridgehead atoms. The zero-order valence-electron chi connectivity index (χ0n) is 20.8. The highest BCUT2D eigenvalue weighted by molar-refractivity contribution is 7.89. The van der Waals surface area contributed by atoms with Crippen molar-refractivity contribution in [3.05, 3.63) is 82.4 Å². The van der Waals surface area contributed by atoms with Crippen LogP contribution >= 0.6 is 23.2 Å². The molecule has 36 heavy (non-hydrogen) atoms. The number of hydrogen-bond donors (Lipinski definition) is 1. The van der Waals surface area contributed by atoms with Gasteiger partial charge in [-0.3, -0.25) is 4.79 Å². The van der Waals surface area contributed by atoms with Crippen LogP contribution in [-0.4, -0.2) is 37.6 Å². The Morgan fingerprint density at radius 2 is 1.83 bits per heavy atom. The lowest BCUT2D eigenvalue weighted by atomic mass is 9.67. The van der Waals surface area contributed by atoms with Gasteiger partial charge in [0.1, 0.15) is 0 Å². The third-order valence-electron chi connectivity index (χ3n) is 7.60. The minimum Gasteiger partial charge on any atom is -0.330 e. The molecule has 1 aliphatic heterocycles. The van der Waals surface area contributed by atoms with E-state index in [0.717, 1.165) is 24.0 Å². The van der Waals surface area contributed by atoms with Gasteiger partial charge in [0.25, 0.3) is 0 Å². The van der Waals surface area contributed by atoms with Crippen LogP contribution < -0.4 is 4.72 Å². The fourth-order valence-corrected chi connectivity index (χ4v) is 6.49. The Balaban J connectivity index is 1.87. The summed E-state index contributed by atoms with van der Waals surface area (Å²) in [6.07, 6.45) is 4.90. The van der Waals surface area contributed by atoms with E-state index in [-0.39, 0.29) is 42.1 Å². The van der Waals surface area contributed by atoms with Crippen molar-refractivity contribution in [2.24, 2.45) is 11.3 Å². The fraction of sp³-hybridized carbons (Fsp3) is 0.464. The number of allylic oxidation sites excluding steroid dienone is 1. The molecule has 194 valence electrons. The lowest BCUT2D eigenvalue weighted by Gasteiger charge is -2.52. The van der Waals surface area contributed by atoms with E-state index in [1.54, 1.807) is 13.0 Å². The van der Waals surface area contributed by atoms with Crippen LogP contribution in [-0.2, 0) is 14.8 Å². The standard InChI is InChI=1S/C28H34Cl2N2O3S/c1-4-15-28(3)17-24(21-7-6-8-23(30)16-21)26(20-11-13-22(29)14-12-20)32(27(28)33)25(19-9-10-19)18-31-36(34,35)5-2/h4,6-8,11-14,16,19,24-26,31H,1,5,9-10,15,17-18H2,2-3H3. The Morgan fingerprint density at radius 3 is 2.42 bits per heavy atom. The van der Waals surface area contributed by atoms with E-state index in [0.29, 0.717) is 22.9 Å². The lowest BCUT2D eigenvalue weighted by Crippen LogP contribution is -2.58. The first kappa shape index (κ1) is 27.2. The molecule has 2 aromatic carbocycles. The number of sulfonamides is 1. The maximum absolute atomic E-state index is 14.3. The van der Waals surface area contributed by atoms with Crippen LogP contribution in [0.25, 0.3) is 0 Å². The maximum Gasteiger partial charge on any atom is 0.229 e. The highest BCUT2D eigenvalue weighted by atomic mass is 35.5. The third-order valence-corrected chi connectivity index (χ3v) is 9.45. The molecule has 1 N–H and O–H groups in total. The van der Waals surface area contributed by atoms with Crippen molar-refractivity contribution in [3.63, 3.8) is 0 Å². The number of hydrogen-bond acceptors (Lipinski definition) is 3. The third kappa shape index (κ3) is 5.83. The van der Waals surface area contributed by atoms with E-state index < -0.39 is 15.4 Å². The van der Waals surface area contributed by atoms with Crippen LogP contribution in [0.3, 0.4) is 0 Å². The molecule has 1 heterocycles. The van der Waals surface area contributed by atoms with Crippen molar-refractivity contribution < 1.29 is 13.2 Å². The number of amides is 1. The van der Waals surface area contributed by atoms with Crippen molar-refractivity contribution in [1.82, 2.24) is 9.62 Å². The van der Waals surface area contributed by atoms with E-state index in [1.807, 2.05) is 54.3 Å². The van der Waals surface area contributed by atoms with Gasteiger partial charge >= 0.3 is 0 Å². The van der Waals surface area contributed by atoms with Crippen LogP contribution in [0.2, 0.25) is 10.0 Å². The summed E-state index contributed by atoms with van der Waals surface area (Å²) in [5.41, 5.74) is 1.36. The van der Waals surface area contributed by atoms with Gasteiger partial charge in [0, 0.05) is 28.5 Å². The number of carbonyl (C=O) groups excluding carboxylic acids is 1. The van der Waals surface area contributed by atoms with Gasteiger partial charge in [-0.15, -0.1) is 6.58 Å². The summed E-state index contributed by atoms with van der Waals surface area (Å²) in [5.74, 6) is 0.234. The van der Waals surface area contributed by atoms with E-state index in [1.165, 1.54) is 0 Å². The molecule has 0 aromatic heterocycles. The van der Waals surface area contributed by atoms with Crippen LogP contribution in [0.4, 0.5) is 0 Å². The molecule has 5 nitrogen and oxygen atoms in total. The zero-order valence-corrected chi connectivity index (χ0v) is 23.1. The molecule has 4 unspecified atom stereocenters. The number of nitrogens with one attached hydrogen (secondary N) is 1. The predicted octanol–water partition coefficient (Wildman–Crippen LogP) is 6.35. The van der Waals surface area contributed by atoms with Gasteiger partial charge < -0.3 is 4.90 Å². The molecule has 2 aromatic rings. The van der Waals surface area contributed by atoms with E-state index in [9.17, 15) is 13.2 Å². The Bertz CT molecular complexity index is 1210. The monoisotopic (exact) mass is 548 g/mol. The van der Waals surface area contributed by atoms with Crippen molar-refractivity contribution >= 4 is 39.1 Å². The fourth-order valence-electron chi connectivity index (χ4n) is 5.54. The average molecular weight is 550 g/mol. The molecular formula is C28H34Cl2N2O3S. The molecule has 2 fully saturated rings. The summed E-state index contributed by atoms with van der Waals surface area (Å²) in [6, 6.07) is 14.9. The second-order valence-corrected chi connectivity index (χ2v) is 13.3. The van der Waals surface area contributed by atoms with Crippen molar-refractivity contribution in [1.29, 1.82) is 0 Å². The summed E-state index contributed by atoms with van der Waals surface area (Å²) < 4.78 is 27.6. The summed E-state index contributed by atoms with van der Waals surface area (Å²) in [6.45, 7) is 7.75. The number of rotatable bonds is 10. The highest BCUT2D eigenvalue weighted by Gasteiger charge is 2.53. The molecule has 4 rings (SSSR count). The number of halogens is 2. The molecule has 4 atom stereocenters. The first-order valence-electron chi connectivity index (χ1n) is 12.5. The van der Waals surface area contributed by atoms with Gasteiger partial charge in [-0.05, 0) is 73.9 Å². The van der Waals surface area contributed by atoms with Gasteiger partial charge in [0.15, 0.2) is 0 Å². The highest BCUT2D eigenvalue weighted by Crippen LogP contribution is 2.54. The minimum atomic E-state index is -3.41. The second kappa shape index (κ2) is 10.9. The molecule has 1 saturated heterocycles. The van der Waals surface area contributed by atoms with Gasteiger partial charge in [0.05, 0.1) is 17.2 Å². The number of benzene rings is 2. The lowest BCUT2D eigenvalue weighted by molar-refractivity contribution is -0.155. The molecule has 2 aliphatic rings. The Labute approximate surface area is 224 Å². The Kier molecular flexibility index (Phi) is 8.20. The molecule has 8 heteroatoms. The van der Waals surface area contributed by atoms with Crippen LogP contribution in [0.15, 0.2) is 61.2 Å². The quantitative estimate of drug-likeness (QED) is 0.351. The molecule has 0 spiro atoms. The Hall–Kier alpha value is -1.86. The normalized spacial score (nSPS) is 25.6. The molecule has 1 aliphatic carbocycles. The van der Waals surface area contributed by atoms with Gasteiger partial charge in [-0.2, -0.15) is 0 Å². The van der Waals surface area contributed by atoms with E-state index in [2.05, 4.69) is 17.4 Å². The second-order valence-electron chi connectivity index (χ2n) is 10.3. The van der Waals surface area contributed by atoms with Crippen LogP contribution in [0.5, 0.6) is 0 Å². The first-order valence-corrected chi connectivity index (χ1v) is 14.9. The molecule has 1 amide bonds. The van der Waals surface area contributed by atoms with Crippen LogP contribution in [0, 0.1) is 11.3 Å². The topological polar surface area (TPSA) is 66.5 Å². The summed E-state index contributed by atoms with van der Waals surface area (Å²) >= 11 is 12.7. The van der Waals surface area contributed by atoms with Crippen LogP contribution in [0.1, 0.15) is 62.6 Å². The summed E-state index contributed by atoms with van der Waals surface area (Å²) in [5, 5.41) is 1.27. The van der Waals surface area contributed by atoms with Gasteiger partial charge in [0.2, 0.25) is 15.9 Å². The summed E-state index contributed by atoms with van der Waals surface area (Å²) in [7, 11) is -3.41. The van der Waals surface area contributed by atoms with Crippen molar-refractivity contribution in [2.75, 3.05) is 12.3 Å². The minimum absolute atomic E-state index is 0.00172.